The minimum Gasteiger partial charge on any atom is -0.354 e. The van der Waals surface area contributed by atoms with Crippen molar-refractivity contribution in [1.82, 2.24) is 19.2 Å². The standard InChI is InChI=1S/C15H26N4O3S/c1-2-3-12-23(21,22)19-8-4-14(5-9-19)15(20)17-7-11-18-10-6-16-13-18/h6,10,13-14H,2-5,7-9,11-12H2,1H3,(H,17,20). The molecule has 0 aliphatic carbocycles. The second-order valence-electron chi connectivity index (χ2n) is 5.93. The third-order valence-corrected chi connectivity index (χ3v) is 6.16. The maximum atomic E-state index is 12.2. The van der Waals surface area contributed by atoms with E-state index in [4.69, 9.17) is 0 Å². The van der Waals surface area contributed by atoms with Crippen molar-refractivity contribution in [2.75, 3.05) is 25.4 Å². The zero-order valence-corrected chi connectivity index (χ0v) is 14.5. The van der Waals surface area contributed by atoms with Crippen molar-refractivity contribution in [2.24, 2.45) is 5.92 Å². The first-order valence-electron chi connectivity index (χ1n) is 8.24. The highest BCUT2D eigenvalue weighted by molar-refractivity contribution is 7.89. The van der Waals surface area contributed by atoms with E-state index < -0.39 is 10.0 Å². The second-order valence-corrected chi connectivity index (χ2v) is 8.02. The fourth-order valence-electron chi connectivity index (χ4n) is 2.72. The molecule has 0 spiro atoms. The number of nitrogens with zero attached hydrogens (tertiary/aromatic N) is 3. The summed E-state index contributed by atoms with van der Waals surface area (Å²) in [6.45, 7) is 4.13. The van der Waals surface area contributed by atoms with Gasteiger partial charge in [0.05, 0.1) is 12.1 Å². The minimum absolute atomic E-state index is 0.0238. The summed E-state index contributed by atoms with van der Waals surface area (Å²) < 4.78 is 27.7. The highest BCUT2D eigenvalue weighted by atomic mass is 32.2. The minimum atomic E-state index is -3.15. The Morgan fingerprint density at radius 2 is 2.09 bits per heavy atom. The zero-order chi connectivity index (χ0) is 16.7. The van der Waals surface area contributed by atoms with Gasteiger partial charge in [0.2, 0.25) is 15.9 Å². The van der Waals surface area contributed by atoms with E-state index in [0.29, 0.717) is 45.4 Å². The van der Waals surface area contributed by atoms with E-state index in [-0.39, 0.29) is 17.6 Å². The van der Waals surface area contributed by atoms with Crippen molar-refractivity contribution < 1.29 is 13.2 Å². The van der Waals surface area contributed by atoms with Crippen LogP contribution in [0.3, 0.4) is 0 Å². The van der Waals surface area contributed by atoms with E-state index >= 15 is 0 Å². The van der Waals surface area contributed by atoms with Gasteiger partial charge in [0.1, 0.15) is 0 Å². The zero-order valence-electron chi connectivity index (χ0n) is 13.6. The molecule has 23 heavy (non-hydrogen) atoms. The molecule has 1 saturated heterocycles. The average Bonchev–Trinajstić information content (AvgIpc) is 3.06. The molecule has 0 saturated carbocycles. The number of unbranched alkanes of at least 4 members (excludes halogenated alkanes) is 1. The van der Waals surface area contributed by atoms with Gasteiger partial charge in [-0.1, -0.05) is 13.3 Å². The number of hydrogen-bond donors (Lipinski definition) is 1. The monoisotopic (exact) mass is 342 g/mol. The summed E-state index contributed by atoms with van der Waals surface area (Å²) in [5.41, 5.74) is 0. The number of carbonyl (C=O) groups excluding carboxylic acids is 1. The van der Waals surface area contributed by atoms with Crippen LogP contribution in [-0.2, 0) is 21.4 Å². The lowest BCUT2D eigenvalue weighted by atomic mass is 9.97. The number of carbonyl (C=O) groups is 1. The van der Waals surface area contributed by atoms with Gasteiger partial charge in [-0.05, 0) is 19.3 Å². The SMILES string of the molecule is CCCCS(=O)(=O)N1CCC(C(=O)NCCn2ccnc2)CC1. The smallest absolute Gasteiger partial charge is 0.223 e. The lowest BCUT2D eigenvalue weighted by molar-refractivity contribution is -0.126. The molecular formula is C15H26N4O3S. The van der Waals surface area contributed by atoms with E-state index in [9.17, 15) is 13.2 Å². The van der Waals surface area contributed by atoms with Gasteiger partial charge in [-0.2, -0.15) is 0 Å². The molecule has 0 radical (unpaired) electrons. The first-order chi connectivity index (χ1) is 11.0. The molecule has 1 N–H and O–H groups in total. The van der Waals surface area contributed by atoms with Gasteiger partial charge in [-0.25, -0.2) is 17.7 Å². The quantitative estimate of drug-likeness (QED) is 0.759. The van der Waals surface area contributed by atoms with E-state index in [1.807, 2.05) is 17.7 Å². The van der Waals surface area contributed by atoms with Gasteiger partial charge in [0.25, 0.3) is 0 Å². The van der Waals surface area contributed by atoms with Crippen molar-refractivity contribution in [3.63, 3.8) is 0 Å². The van der Waals surface area contributed by atoms with Crippen LogP contribution >= 0.6 is 0 Å². The fraction of sp³-hybridized carbons (Fsp3) is 0.733. The molecule has 2 rings (SSSR count). The lowest BCUT2D eigenvalue weighted by Crippen LogP contribution is -2.44. The van der Waals surface area contributed by atoms with Crippen LogP contribution in [0, 0.1) is 5.92 Å². The maximum absolute atomic E-state index is 12.2. The molecule has 1 aromatic rings. The number of amides is 1. The maximum Gasteiger partial charge on any atom is 0.223 e. The summed E-state index contributed by atoms with van der Waals surface area (Å²) in [6.07, 6.45) is 8.03. The largest absolute Gasteiger partial charge is 0.354 e. The molecule has 0 atom stereocenters. The average molecular weight is 342 g/mol. The Labute approximate surface area is 138 Å². The predicted molar refractivity (Wildman–Crippen MR) is 88.2 cm³/mol. The van der Waals surface area contributed by atoms with Crippen LogP contribution in [0.15, 0.2) is 18.7 Å². The molecule has 1 amide bonds. The molecule has 130 valence electrons. The van der Waals surface area contributed by atoms with Gasteiger partial charge < -0.3 is 9.88 Å². The van der Waals surface area contributed by atoms with Crippen LogP contribution in [0.1, 0.15) is 32.6 Å². The molecule has 0 aromatic carbocycles. The number of imidazole rings is 1. The first-order valence-corrected chi connectivity index (χ1v) is 9.85. The highest BCUT2D eigenvalue weighted by Crippen LogP contribution is 2.20. The van der Waals surface area contributed by atoms with Crippen molar-refractivity contribution >= 4 is 15.9 Å². The molecule has 1 aromatic heterocycles. The number of sulfonamides is 1. The molecule has 1 aliphatic rings. The van der Waals surface area contributed by atoms with Gasteiger partial charge in [0.15, 0.2) is 0 Å². The molecule has 0 unspecified atom stereocenters. The normalized spacial score (nSPS) is 17.3. The van der Waals surface area contributed by atoms with Crippen molar-refractivity contribution in [3.8, 4) is 0 Å². The van der Waals surface area contributed by atoms with E-state index in [1.165, 1.54) is 4.31 Å². The van der Waals surface area contributed by atoms with Gasteiger partial charge >= 0.3 is 0 Å². The van der Waals surface area contributed by atoms with Crippen LogP contribution in [0.25, 0.3) is 0 Å². The Morgan fingerprint density at radius 3 is 2.70 bits per heavy atom. The summed E-state index contributed by atoms with van der Waals surface area (Å²) in [5.74, 6) is 0.150. The summed E-state index contributed by atoms with van der Waals surface area (Å²) in [5, 5.41) is 2.92. The number of piperidine rings is 1. The van der Waals surface area contributed by atoms with E-state index in [2.05, 4.69) is 10.3 Å². The Morgan fingerprint density at radius 1 is 1.35 bits per heavy atom. The van der Waals surface area contributed by atoms with Crippen LogP contribution < -0.4 is 5.32 Å². The highest BCUT2D eigenvalue weighted by Gasteiger charge is 2.30. The number of aromatic nitrogens is 2. The van der Waals surface area contributed by atoms with E-state index in [1.54, 1.807) is 12.5 Å². The number of hydrogen-bond acceptors (Lipinski definition) is 4. The third kappa shape index (κ3) is 5.31. The van der Waals surface area contributed by atoms with Crippen molar-refractivity contribution in [2.45, 2.75) is 39.2 Å². The van der Waals surface area contributed by atoms with Gasteiger partial charge in [-0.15, -0.1) is 0 Å². The van der Waals surface area contributed by atoms with Crippen molar-refractivity contribution in [3.05, 3.63) is 18.7 Å². The molecule has 7 nitrogen and oxygen atoms in total. The second kappa shape index (κ2) is 8.44. The Kier molecular flexibility index (Phi) is 6.59. The topological polar surface area (TPSA) is 84.3 Å². The molecule has 2 heterocycles. The van der Waals surface area contributed by atoms with Crippen LogP contribution in [-0.4, -0.2) is 53.6 Å². The van der Waals surface area contributed by atoms with Crippen LogP contribution in [0.2, 0.25) is 0 Å². The summed E-state index contributed by atoms with van der Waals surface area (Å²) in [6, 6.07) is 0. The van der Waals surface area contributed by atoms with Crippen LogP contribution in [0.5, 0.6) is 0 Å². The van der Waals surface area contributed by atoms with E-state index in [0.717, 1.165) is 6.42 Å². The third-order valence-electron chi connectivity index (χ3n) is 4.20. The first kappa shape index (κ1) is 17.9. The molecule has 1 aliphatic heterocycles. The lowest BCUT2D eigenvalue weighted by Gasteiger charge is -2.30. The Hall–Kier alpha value is -1.41. The number of nitrogens with one attached hydrogen (secondary N) is 1. The van der Waals surface area contributed by atoms with Gasteiger partial charge in [0, 0.05) is 44.5 Å². The molecular weight excluding hydrogens is 316 g/mol. The fourth-order valence-corrected chi connectivity index (χ4v) is 4.40. The van der Waals surface area contributed by atoms with Crippen LogP contribution in [0.4, 0.5) is 0 Å². The summed E-state index contributed by atoms with van der Waals surface area (Å²) >= 11 is 0. The summed E-state index contributed by atoms with van der Waals surface area (Å²) in [4.78, 5) is 16.1. The van der Waals surface area contributed by atoms with Crippen molar-refractivity contribution in [1.29, 1.82) is 0 Å². The Bertz CT molecular complexity index is 578. The molecule has 0 bridgehead atoms. The summed E-state index contributed by atoms with van der Waals surface area (Å²) in [7, 11) is -3.15. The molecule has 1 fully saturated rings. The Balaban J connectivity index is 1.72. The number of rotatable bonds is 8. The molecule has 8 heteroatoms. The van der Waals surface area contributed by atoms with Gasteiger partial charge in [-0.3, -0.25) is 4.79 Å². The predicted octanol–water partition coefficient (Wildman–Crippen LogP) is 0.841.